The van der Waals surface area contributed by atoms with Gasteiger partial charge in [0.05, 0.1) is 17.6 Å². The van der Waals surface area contributed by atoms with Crippen molar-refractivity contribution in [2.75, 3.05) is 4.90 Å². The predicted molar refractivity (Wildman–Crippen MR) is 118 cm³/mol. The largest absolute Gasteiger partial charge is 0.473 e. The third kappa shape index (κ3) is 3.71. The van der Waals surface area contributed by atoms with Gasteiger partial charge in [0, 0.05) is 12.1 Å². The van der Waals surface area contributed by atoms with Gasteiger partial charge in [-0.2, -0.15) is 18.2 Å². The summed E-state index contributed by atoms with van der Waals surface area (Å²) >= 11 is 0. The number of benzene rings is 2. The highest BCUT2D eigenvalue weighted by atomic mass is 19.4. The van der Waals surface area contributed by atoms with Gasteiger partial charge in [-0.1, -0.05) is 6.07 Å². The first-order valence-electron chi connectivity index (χ1n) is 11.4. The standard InChI is InChI=1S/C25H21F4N3O3/c26-19-11-15(1-6-20(19)35-18-4-2-16(3-5-18)25(27,28)29)13-34-21-12-22-31(23(33)30-21)14-24-9-7-17(8-10-24)32(22)24/h1-6,11-12,17H,7-10,13-14H2. The Morgan fingerprint density at radius 2 is 1.80 bits per heavy atom. The van der Waals surface area contributed by atoms with Crippen LogP contribution in [0.2, 0.25) is 0 Å². The van der Waals surface area contributed by atoms with E-state index in [4.69, 9.17) is 9.47 Å². The second kappa shape index (κ2) is 7.73. The van der Waals surface area contributed by atoms with E-state index in [1.54, 1.807) is 16.7 Å². The van der Waals surface area contributed by atoms with E-state index in [9.17, 15) is 22.4 Å². The molecule has 0 N–H and O–H groups in total. The zero-order valence-corrected chi connectivity index (χ0v) is 18.5. The Morgan fingerprint density at radius 1 is 1.06 bits per heavy atom. The number of anilines is 1. The molecule has 4 heterocycles. The van der Waals surface area contributed by atoms with Crippen molar-refractivity contribution in [3.05, 3.63) is 76.0 Å². The van der Waals surface area contributed by atoms with Crippen molar-refractivity contribution in [1.29, 1.82) is 0 Å². The highest BCUT2D eigenvalue weighted by Crippen LogP contribution is 2.53. The number of hydrogen-bond acceptors (Lipinski definition) is 5. The molecule has 2 saturated heterocycles. The van der Waals surface area contributed by atoms with Crippen molar-refractivity contribution < 1.29 is 27.0 Å². The topological polar surface area (TPSA) is 56.6 Å². The van der Waals surface area contributed by atoms with Gasteiger partial charge in [-0.05, 0) is 67.6 Å². The molecule has 0 aliphatic carbocycles. The van der Waals surface area contributed by atoms with Crippen LogP contribution in [0.25, 0.3) is 0 Å². The van der Waals surface area contributed by atoms with Crippen LogP contribution in [0.1, 0.15) is 36.8 Å². The van der Waals surface area contributed by atoms with Gasteiger partial charge in [0.25, 0.3) is 0 Å². The molecule has 6 nitrogen and oxygen atoms in total. The van der Waals surface area contributed by atoms with Crippen LogP contribution in [0.15, 0.2) is 53.3 Å². The van der Waals surface area contributed by atoms with Crippen molar-refractivity contribution in [2.45, 2.75) is 56.6 Å². The first kappa shape index (κ1) is 21.9. The highest BCUT2D eigenvalue weighted by molar-refractivity contribution is 5.54. The fourth-order valence-corrected chi connectivity index (χ4v) is 5.59. The van der Waals surface area contributed by atoms with Crippen molar-refractivity contribution in [3.8, 4) is 17.4 Å². The summed E-state index contributed by atoms with van der Waals surface area (Å²) < 4.78 is 65.5. The van der Waals surface area contributed by atoms with E-state index in [0.717, 1.165) is 55.8 Å². The molecule has 2 fully saturated rings. The fraction of sp³-hybridized carbons (Fsp3) is 0.360. The lowest BCUT2D eigenvalue weighted by Crippen LogP contribution is -2.38. The molecule has 1 aromatic heterocycles. The van der Waals surface area contributed by atoms with Crippen molar-refractivity contribution in [2.24, 2.45) is 0 Å². The summed E-state index contributed by atoms with van der Waals surface area (Å²) in [5.74, 6) is 0.291. The van der Waals surface area contributed by atoms with Crippen molar-refractivity contribution in [1.82, 2.24) is 9.55 Å². The fourth-order valence-electron chi connectivity index (χ4n) is 5.59. The SMILES string of the molecule is O=c1nc(OCc2ccc(Oc3ccc(C(F)(F)F)cc3)c(F)c2)cc2n1CC13CCC(CC1)N23. The number of rotatable bonds is 5. The molecule has 2 bridgehead atoms. The smallest absolute Gasteiger partial charge is 0.416 e. The molecule has 0 radical (unpaired) electrons. The Labute approximate surface area is 197 Å². The van der Waals surface area contributed by atoms with Crippen LogP contribution in [0.3, 0.4) is 0 Å². The lowest BCUT2D eigenvalue weighted by molar-refractivity contribution is -0.137. The van der Waals surface area contributed by atoms with Gasteiger partial charge in [-0.3, -0.25) is 4.57 Å². The number of ether oxygens (including phenoxy) is 2. The van der Waals surface area contributed by atoms with Crippen LogP contribution in [0.5, 0.6) is 17.4 Å². The molecule has 6 rings (SSSR count). The first-order chi connectivity index (χ1) is 16.7. The molecule has 10 heteroatoms. The van der Waals surface area contributed by atoms with Gasteiger partial charge in [-0.25, -0.2) is 9.18 Å². The lowest BCUT2D eigenvalue weighted by Gasteiger charge is -2.27. The predicted octanol–water partition coefficient (Wildman–Crippen LogP) is 5.29. The number of nitrogens with zero attached hydrogens (tertiary/aromatic N) is 3. The van der Waals surface area contributed by atoms with E-state index >= 15 is 0 Å². The van der Waals surface area contributed by atoms with Gasteiger partial charge in [0.1, 0.15) is 18.2 Å². The summed E-state index contributed by atoms with van der Waals surface area (Å²) in [7, 11) is 0. The van der Waals surface area contributed by atoms with Crippen LogP contribution in [-0.2, 0) is 19.3 Å². The van der Waals surface area contributed by atoms with Crippen LogP contribution in [0.4, 0.5) is 23.4 Å². The molecule has 35 heavy (non-hydrogen) atoms. The van der Waals surface area contributed by atoms with E-state index in [2.05, 4.69) is 9.88 Å². The normalized spacial score (nSPS) is 22.3. The molecule has 0 spiro atoms. The van der Waals surface area contributed by atoms with Crippen molar-refractivity contribution >= 4 is 5.82 Å². The Morgan fingerprint density at radius 3 is 2.49 bits per heavy atom. The number of halogens is 4. The van der Waals surface area contributed by atoms with Crippen LogP contribution < -0.4 is 20.1 Å². The molecular formula is C25H21F4N3O3. The van der Waals surface area contributed by atoms with Gasteiger partial charge in [-0.15, -0.1) is 0 Å². The highest BCUT2D eigenvalue weighted by Gasteiger charge is 2.56. The molecule has 182 valence electrons. The minimum absolute atomic E-state index is 0.0120. The van der Waals surface area contributed by atoms with E-state index < -0.39 is 17.6 Å². The summed E-state index contributed by atoms with van der Waals surface area (Å²) in [6, 6.07) is 10.4. The minimum Gasteiger partial charge on any atom is -0.473 e. The molecule has 3 aromatic rings. The van der Waals surface area contributed by atoms with Gasteiger partial charge in [0.15, 0.2) is 11.6 Å². The number of hydrogen-bond donors (Lipinski definition) is 0. The molecule has 2 aromatic carbocycles. The Hall–Kier alpha value is -3.56. The first-order valence-corrected chi connectivity index (χ1v) is 11.4. The van der Waals surface area contributed by atoms with E-state index in [1.165, 1.54) is 12.1 Å². The maximum absolute atomic E-state index is 14.6. The number of fused-ring (bicyclic) bond motifs is 1. The summed E-state index contributed by atoms with van der Waals surface area (Å²) in [6.45, 7) is 0.651. The Balaban J connectivity index is 1.15. The third-order valence-corrected chi connectivity index (χ3v) is 7.22. The minimum atomic E-state index is -4.46. The molecule has 0 amide bonds. The van der Waals surface area contributed by atoms with E-state index in [1.807, 2.05) is 0 Å². The quantitative estimate of drug-likeness (QED) is 0.458. The summed E-state index contributed by atoms with van der Waals surface area (Å²) in [4.78, 5) is 19.0. The monoisotopic (exact) mass is 487 g/mol. The van der Waals surface area contributed by atoms with Crippen LogP contribution in [-0.4, -0.2) is 21.1 Å². The average Bonchev–Trinajstić information content (AvgIpc) is 3.45. The van der Waals surface area contributed by atoms with Gasteiger partial charge < -0.3 is 14.4 Å². The number of alkyl halides is 3. The zero-order valence-electron chi connectivity index (χ0n) is 18.5. The molecular weight excluding hydrogens is 466 g/mol. The van der Waals surface area contributed by atoms with Crippen LogP contribution in [0, 0.1) is 5.82 Å². The van der Waals surface area contributed by atoms with Gasteiger partial charge >= 0.3 is 11.9 Å². The second-order valence-corrected chi connectivity index (χ2v) is 9.32. The maximum atomic E-state index is 14.6. The third-order valence-electron chi connectivity index (χ3n) is 7.22. The summed E-state index contributed by atoms with van der Waals surface area (Å²) in [5.41, 5.74) is -0.644. The lowest BCUT2D eigenvalue weighted by atomic mass is 9.88. The molecule has 3 aliphatic rings. The maximum Gasteiger partial charge on any atom is 0.416 e. The Kier molecular flexibility index (Phi) is 4.84. The second-order valence-electron chi connectivity index (χ2n) is 9.32. The van der Waals surface area contributed by atoms with Crippen molar-refractivity contribution in [3.63, 3.8) is 0 Å². The average molecular weight is 487 g/mol. The number of aromatic nitrogens is 2. The molecule has 0 saturated carbocycles. The molecule has 3 aliphatic heterocycles. The Bertz CT molecular complexity index is 1350. The van der Waals surface area contributed by atoms with E-state index in [-0.39, 0.29) is 35.2 Å². The van der Waals surface area contributed by atoms with Crippen LogP contribution >= 0.6 is 0 Å². The summed E-state index contributed by atoms with van der Waals surface area (Å²) in [6.07, 6.45) is -0.0375. The molecule has 0 atom stereocenters. The van der Waals surface area contributed by atoms with Gasteiger partial charge in [0.2, 0.25) is 5.88 Å². The zero-order chi connectivity index (χ0) is 24.4. The summed E-state index contributed by atoms with van der Waals surface area (Å²) in [5, 5.41) is 0. The van der Waals surface area contributed by atoms with E-state index in [0.29, 0.717) is 18.2 Å². The molecule has 0 unspecified atom stereocenters.